The molecule has 0 aliphatic rings. The van der Waals surface area contributed by atoms with E-state index in [0.717, 1.165) is 35.6 Å². The summed E-state index contributed by atoms with van der Waals surface area (Å²) in [6.07, 6.45) is 0. The maximum atomic E-state index is 4.45. The molecule has 0 unspecified atom stereocenters. The Morgan fingerprint density at radius 1 is 0.667 bits per heavy atom. The number of hydrogen-bond acceptors (Lipinski definition) is 2. The second-order valence-corrected chi connectivity index (χ2v) is 8.07. The Morgan fingerprint density at radius 2 is 1.07 bits per heavy atom. The highest BCUT2D eigenvalue weighted by atomic mass is 14.9. The molecular formula is C28H32N2. The second kappa shape index (κ2) is 9.98. The van der Waals surface area contributed by atoms with Gasteiger partial charge in [-0.1, -0.05) is 78.4 Å². The van der Waals surface area contributed by atoms with Crippen molar-refractivity contribution in [1.29, 1.82) is 0 Å². The van der Waals surface area contributed by atoms with Crippen molar-refractivity contribution in [2.24, 2.45) is 5.92 Å². The van der Waals surface area contributed by atoms with Gasteiger partial charge in [0.1, 0.15) is 0 Å². The summed E-state index contributed by atoms with van der Waals surface area (Å²) in [5.41, 5.74) is 9.33. The Balaban J connectivity index is 1.74. The highest BCUT2D eigenvalue weighted by Gasteiger charge is 2.15. The van der Waals surface area contributed by atoms with E-state index in [2.05, 4.69) is 110 Å². The maximum absolute atomic E-state index is 4.45. The minimum atomic E-state index is 0.239. The summed E-state index contributed by atoms with van der Waals surface area (Å²) in [5.74, 6) is 0.239. The molecule has 0 atom stereocenters. The Kier molecular flexibility index (Phi) is 7.13. The zero-order chi connectivity index (χ0) is 21.5. The molecule has 0 aliphatic carbocycles. The van der Waals surface area contributed by atoms with Crippen molar-refractivity contribution in [2.45, 2.75) is 20.8 Å². The summed E-state index contributed by atoms with van der Waals surface area (Å²) in [4.78, 5) is 0. The lowest BCUT2D eigenvalue weighted by Gasteiger charge is -2.23. The Morgan fingerprint density at radius 3 is 1.47 bits per heavy atom. The molecule has 2 N–H and O–H groups in total. The second-order valence-electron chi connectivity index (χ2n) is 8.07. The van der Waals surface area contributed by atoms with E-state index in [0.29, 0.717) is 0 Å². The lowest BCUT2D eigenvalue weighted by molar-refractivity contribution is 0.743. The number of aryl methyl sites for hydroxylation is 2. The standard InChI is InChI=1S/C28H32N2/c1-20(2)24-10-12-25(13-11-24)23(5)26(18-29-27-14-6-21(3)7-15-27)19-30-28-16-8-22(4)9-17-28/h6-17,26,29-30H,1,5,18-19H2,2-4H3. The fraction of sp³-hybridized carbons (Fsp3) is 0.214. The van der Waals surface area contributed by atoms with E-state index in [1.54, 1.807) is 0 Å². The van der Waals surface area contributed by atoms with E-state index >= 15 is 0 Å². The van der Waals surface area contributed by atoms with Crippen LogP contribution in [0.4, 0.5) is 11.4 Å². The SMILES string of the molecule is C=C(C)c1ccc(C(=C)C(CNc2ccc(C)cc2)CNc2ccc(C)cc2)cc1. The molecule has 0 fully saturated rings. The third kappa shape index (κ3) is 5.87. The number of nitrogens with one attached hydrogen (secondary N) is 2. The van der Waals surface area contributed by atoms with Gasteiger partial charge in [0.25, 0.3) is 0 Å². The number of hydrogen-bond donors (Lipinski definition) is 2. The molecule has 2 nitrogen and oxygen atoms in total. The van der Waals surface area contributed by atoms with Crippen LogP contribution in [0.3, 0.4) is 0 Å². The molecule has 0 saturated heterocycles. The van der Waals surface area contributed by atoms with Crippen molar-refractivity contribution < 1.29 is 0 Å². The van der Waals surface area contributed by atoms with E-state index < -0.39 is 0 Å². The molecule has 0 amide bonds. The fourth-order valence-electron chi connectivity index (χ4n) is 3.35. The van der Waals surface area contributed by atoms with Gasteiger partial charge in [-0.2, -0.15) is 0 Å². The quantitative estimate of drug-likeness (QED) is 0.400. The molecule has 0 aromatic heterocycles. The van der Waals surface area contributed by atoms with Crippen molar-refractivity contribution >= 4 is 22.5 Å². The number of allylic oxidation sites excluding steroid dienone is 1. The summed E-state index contributed by atoms with van der Waals surface area (Å²) >= 11 is 0. The average Bonchev–Trinajstić information content (AvgIpc) is 2.76. The lowest BCUT2D eigenvalue weighted by Crippen LogP contribution is -2.23. The zero-order valence-electron chi connectivity index (χ0n) is 18.3. The van der Waals surface area contributed by atoms with Crippen LogP contribution in [0.25, 0.3) is 11.1 Å². The monoisotopic (exact) mass is 396 g/mol. The molecule has 3 rings (SSSR count). The topological polar surface area (TPSA) is 24.1 Å². The van der Waals surface area contributed by atoms with Crippen LogP contribution >= 0.6 is 0 Å². The molecule has 0 bridgehead atoms. The van der Waals surface area contributed by atoms with Gasteiger partial charge in [0.2, 0.25) is 0 Å². The third-order valence-corrected chi connectivity index (χ3v) is 5.45. The molecule has 30 heavy (non-hydrogen) atoms. The molecule has 3 aromatic rings. The predicted octanol–water partition coefficient (Wildman–Crippen LogP) is 7.19. The largest absolute Gasteiger partial charge is 0.384 e. The maximum Gasteiger partial charge on any atom is 0.0340 e. The van der Waals surface area contributed by atoms with E-state index in [9.17, 15) is 0 Å². The van der Waals surface area contributed by atoms with Gasteiger partial charge in [-0.25, -0.2) is 0 Å². The first-order valence-corrected chi connectivity index (χ1v) is 10.5. The van der Waals surface area contributed by atoms with Crippen LogP contribution < -0.4 is 10.6 Å². The first-order chi connectivity index (χ1) is 14.4. The normalized spacial score (nSPS) is 10.7. The minimum absolute atomic E-state index is 0.239. The van der Waals surface area contributed by atoms with Gasteiger partial charge >= 0.3 is 0 Å². The van der Waals surface area contributed by atoms with Crippen LogP contribution in [-0.2, 0) is 0 Å². The Hall–Kier alpha value is -3.26. The average molecular weight is 397 g/mol. The summed E-state index contributed by atoms with van der Waals surface area (Å²) < 4.78 is 0. The fourth-order valence-corrected chi connectivity index (χ4v) is 3.35. The number of anilines is 2. The molecule has 0 heterocycles. The highest BCUT2D eigenvalue weighted by molar-refractivity contribution is 5.70. The minimum Gasteiger partial charge on any atom is -0.384 e. The summed E-state index contributed by atoms with van der Waals surface area (Å²) in [6, 6.07) is 25.6. The summed E-state index contributed by atoms with van der Waals surface area (Å²) in [6.45, 7) is 16.3. The van der Waals surface area contributed by atoms with Crippen LogP contribution in [0.2, 0.25) is 0 Å². The number of rotatable bonds is 9. The van der Waals surface area contributed by atoms with Gasteiger partial charge in [0.15, 0.2) is 0 Å². The molecule has 0 saturated carbocycles. The van der Waals surface area contributed by atoms with E-state index in [-0.39, 0.29) is 5.92 Å². The van der Waals surface area contributed by atoms with Crippen molar-refractivity contribution in [1.82, 2.24) is 0 Å². The van der Waals surface area contributed by atoms with Gasteiger partial charge in [0.05, 0.1) is 0 Å². The molecule has 0 radical (unpaired) electrons. The highest BCUT2D eigenvalue weighted by Crippen LogP contribution is 2.25. The molecule has 0 aliphatic heterocycles. The predicted molar refractivity (Wildman–Crippen MR) is 133 cm³/mol. The van der Waals surface area contributed by atoms with Crippen molar-refractivity contribution in [3.8, 4) is 0 Å². The van der Waals surface area contributed by atoms with Gasteiger partial charge in [-0.3, -0.25) is 0 Å². The number of benzene rings is 3. The van der Waals surface area contributed by atoms with E-state index in [1.807, 2.05) is 6.92 Å². The van der Waals surface area contributed by atoms with Crippen LogP contribution in [0.1, 0.15) is 29.2 Å². The van der Waals surface area contributed by atoms with Crippen molar-refractivity contribution in [3.63, 3.8) is 0 Å². The summed E-state index contributed by atoms with van der Waals surface area (Å²) in [7, 11) is 0. The van der Waals surface area contributed by atoms with Gasteiger partial charge in [-0.15, -0.1) is 0 Å². The Bertz CT molecular complexity index is 931. The van der Waals surface area contributed by atoms with Crippen molar-refractivity contribution in [3.05, 3.63) is 108 Å². The Labute approximate surface area is 181 Å². The van der Waals surface area contributed by atoms with Gasteiger partial charge in [0, 0.05) is 30.4 Å². The smallest absolute Gasteiger partial charge is 0.0340 e. The zero-order valence-corrected chi connectivity index (χ0v) is 18.3. The molecule has 2 heteroatoms. The van der Waals surface area contributed by atoms with Crippen LogP contribution in [0, 0.1) is 19.8 Å². The van der Waals surface area contributed by atoms with Crippen LogP contribution in [-0.4, -0.2) is 13.1 Å². The molecule has 3 aromatic carbocycles. The van der Waals surface area contributed by atoms with Crippen LogP contribution in [0.5, 0.6) is 0 Å². The van der Waals surface area contributed by atoms with Gasteiger partial charge in [-0.05, 0) is 61.7 Å². The van der Waals surface area contributed by atoms with Gasteiger partial charge < -0.3 is 10.6 Å². The first-order valence-electron chi connectivity index (χ1n) is 10.5. The third-order valence-electron chi connectivity index (χ3n) is 5.45. The molecule has 154 valence electrons. The lowest BCUT2D eigenvalue weighted by atomic mass is 9.92. The summed E-state index contributed by atoms with van der Waals surface area (Å²) in [5, 5.41) is 7.17. The van der Waals surface area contributed by atoms with E-state index in [1.165, 1.54) is 22.3 Å². The first kappa shape index (κ1) is 21.4. The molecule has 0 spiro atoms. The van der Waals surface area contributed by atoms with Crippen LogP contribution in [0.15, 0.2) is 86.0 Å². The van der Waals surface area contributed by atoms with E-state index in [4.69, 9.17) is 0 Å². The van der Waals surface area contributed by atoms with Crippen molar-refractivity contribution in [2.75, 3.05) is 23.7 Å². The molecular weight excluding hydrogens is 364 g/mol.